The predicted octanol–water partition coefficient (Wildman–Crippen LogP) is 2.23. The molecule has 0 bridgehead atoms. The highest BCUT2D eigenvalue weighted by Gasteiger charge is 2.23. The van der Waals surface area contributed by atoms with Gasteiger partial charge in [0.25, 0.3) is 0 Å². The van der Waals surface area contributed by atoms with E-state index < -0.39 is 0 Å². The Morgan fingerprint density at radius 3 is 2.56 bits per heavy atom. The van der Waals surface area contributed by atoms with Gasteiger partial charge in [-0.2, -0.15) is 0 Å². The van der Waals surface area contributed by atoms with Crippen molar-refractivity contribution in [2.24, 2.45) is 0 Å². The normalized spacial score (nSPS) is 20.7. The topological polar surface area (TPSA) is 41.1 Å². The first-order valence-electron chi connectivity index (χ1n) is 6.68. The third-order valence-electron chi connectivity index (χ3n) is 3.48. The summed E-state index contributed by atoms with van der Waals surface area (Å²) in [6.07, 6.45) is 2.04. The van der Waals surface area contributed by atoms with Crippen molar-refractivity contribution < 1.29 is 4.79 Å². The number of amides is 1. The molecule has 1 saturated heterocycles. The molecule has 0 saturated carbocycles. The molecule has 2 rings (SSSR count). The van der Waals surface area contributed by atoms with E-state index in [0.29, 0.717) is 0 Å². The summed E-state index contributed by atoms with van der Waals surface area (Å²) in [5.41, 5.74) is 3.66. The van der Waals surface area contributed by atoms with Crippen molar-refractivity contribution in [1.82, 2.24) is 10.6 Å². The second-order valence-corrected chi connectivity index (χ2v) is 5.30. The van der Waals surface area contributed by atoms with Gasteiger partial charge in [0.2, 0.25) is 5.91 Å². The van der Waals surface area contributed by atoms with E-state index in [2.05, 4.69) is 42.7 Å². The summed E-state index contributed by atoms with van der Waals surface area (Å²) < 4.78 is 0. The molecule has 1 aromatic rings. The molecule has 2 unspecified atom stereocenters. The average molecular weight is 246 g/mol. The number of carbonyl (C=O) groups is 1. The van der Waals surface area contributed by atoms with Crippen molar-refractivity contribution in [3.8, 4) is 0 Å². The molecule has 1 aromatic carbocycles. The van der Waals surface area contributed by atoms with Crippen LogP contribution in [-0.4, -0.2) is 18.5 Å². The molecule has 2 atom stereocenters. The number of nitrogens with one attached hydrogen (secondary N) is 2. The van der Waals surface area contributed by atoms with Crippen molar-refractivity contribution in [1.29, 1.82) is 0 Å². The molecule has 2 N–H and O–H groups in total. The monoisotopic (exact) mass is 246 g/mol. The Balaban J connectivity index is 2.02. The molecule has 3 nitrogen and oxygen atoms in total. The Labute approximate surface area is 109 Å². The fraction of sp³-hybridized carbons (Fsp3) is 0.533. The zero-order valence-corrected chi connectivity index (χ0v) is 11.4. The van der Waals surface area contributed by atoms with Gasteiger partial charge in [-0.1, -0.05) is 29.3 Å². The second-order valence-electron chi connectivity index (χ2n) is 5.30. The van der Waals surface area contributed by atoms with E-state index in [0.717, 1.165) is 19.4 Å². The van der Waals surface area contributed by atoms with E-state index in [1.807, 2.05) is 6.92 Å². The van der Waals surface area contributed by atoms with Crippen LogP contribution >= 0.6 is 0 Å². The van der Waals surface area contributed by atoms with Crippen LogP contribution in [0.2, 0.25) is 0 Å². The number of benzene rings is 1. The molecule has 0 aliphatic carbocycles. The molecule has 1 amide bonds. The summed E-state index contributed by atoms with van der Waals surface area (Å²) in [5, 5.41) is 6.32. The van der Waals surface area contributed by atoms with Crippen molar-refractivity contribution in [2.45, 2.75) is 45.7 Å². The summed E-state index contributed by atoms with van der Waals surface area (Å²) in [6.45, 7) is 7.17. The van der Waals surface area contributed by atoms with Crippen LogP contribution in [0.5, 0.6) is 0 Å². The fourth-order valence-corrected chi connectivity index (χ4v) is 2.57. The minimum Gasteiger partial charge on any atom is -0.348 e. The van der Waals surface area contributed by atoms with Gasteiger partial charge in [-0.25, -0.2) is 0 Å². The minimum atomic E-state index is -0.00152. The lowest BCUT2D eigenvalue weighted by Gasteiger charge is -2.18. The Kier molecular flexibility index (Phi) is 4.02. The maximum absolute atomic E-state index is 12.0. The van der Waals surface area contributed by atoms with Crippen LogP contribution in [0.4, 0.5) is 0 Å². The van der Waals surface area contributed by atoms with Gasteiger partial charge in [0.05, 0.1) is 12.1 Å². The highest BCUT2D eigenvalue weighted by molar-refractivity contribution is 5.82. The first-order valence-corrected chi connectivity index (χ1v) is 6.68. The van der Waals surface area contributed by atoms with E-state index in [1.165, 1.54) is 16.7 Å². The van der Waals surface area contributed by atoms with Crippen molar-refractivity contribution in [2.75, 3.05) is 6.54 Å². The molecule has 0 radical (unpaired) electrons. The minimum absolute atomic E-state index is 0.00152. The summed E-state index contributed by atoms with van der Waals surface area (Å²) >= 11 is 0. The van der Waals surface area contributed by atoms with Gasteiger partial charge in [0.1, 0.15) is 0 Å². The van der Waals surface area contributed by atoms with Crippen molar-refractivity contribution in [3.05, 3.63) is 34.9 Å². The SMILES string of the molecule is Cc1cc(C)cc(C(C)NC(=O)C2CCCN2)c1. The number of aryl methyl sites for hydroxylation is 2. The van der Waals surface area contributed by atoms with E-state index in [4.69, 9.17) is 0 Å². The molecule has 1 heterocycles. The van der Waals surface area contributed by atoms with Crippen LogP contribution in [0.3, 0.4) is 0 Å². The number of carbonyl (C=O) groups excluding carboxylic acids is 1. The average Bonchev–Trinajstić information content (AvgIpc) is 2.80. The van der Waals surface area contributed by atoms with Gasteiger partial charge in [-0.15, -0.1) is 0 Å². The van der Waals surface area contributed by atoms with Gasteiger partial charge >= 0.3 is 0 Å². The van der Waals surface area contributed by atoms with Gasteiger partial charge in [-0.3, -0.25) is 4.79 Å². The quantitative estimate of drug-likeness (QED) is 0.858. The van der Waals surface area contributed by atoms with Crippen molar-refractivity contribution in [3.63, 3.8) is 0 Å². The third-order valence-corrected chi connectivity index (χ3v) is 3.48. The fourth-order valence-electron chi connectivity index (χ4n) is 2.57. The molecule has 98 valence electrons. The van der Waals surface area contributed by atoms with E-state index in [9.17, 15) is 4.79 Å². The van der Waals surface area contributed by atoms with Crippen LogP contribution in [0.1, 0.15) is 42.5 Å². The first kappa shape index (κ1) is 13.1. The predicted molar refractivity (Wildman–Crippen MR) is 73.5 cm³/mol. The Morgan fingerprint density at radius 1 is 1.33 bits per heavy atom. The molecule has 3 heteroatoms. The summed E-state index contributed by atoms with van der Waals surface area (Å²) in [4.78, 5) is 12.0. The highest BCUT2D eigenvalue weighted by atomic mass is 16.2. The molecule has 1 fully saturated rings. The van der Waals surface area contributed by atoms with Crippen LogP contribution in [-0.2, 0) is 4.79 Å². The lowest BCUT2D eigenvalue weighted by Crippen LogP contribution is -2.41. The molecular weight excluding hydrogens is 224 g/mol. The maximum Gasteiger partial charge on any atom is 0.237 e. The van der Waals surface area contributed by atoms with E-state index >= 15 is 0 Å². The lowest BCUT2D eigenvalue weighted by molar-refractivity contribution is -0.123. The van der Waals surface area contributed by atoms with Gasteiger partial charge < -0.3 is 10.6 Å². The van der Waals surface area contributed by atoms with Crippen LogP contribution in [0.15, 0.2) is 18.2 Å². The number of hydrogen-bond donors (Lipinski definition) is 2. The standard InChI is InChI=1S/C15H22N2O/c1-10-7-11(2)9-13(8-10)12(3)17-15(18)14-5-4-6-16-14/h7-9,12,14,16H,4-6H2,1-3H3,(H,17,18). The number of rotatable bonds is 3. The Bertz CT molecular complexity index is 416. The van der Waals surface area contributed by atoms with E-state index in [-0.39, 0.29) is 18.0 Å². The maximum atomic E-state index is 12.0. The Morgan fingerprint density at radius 2 is 2.00 bits per heavy atom. The highest BCUT2D eigenvalue weighted by Crippen LogP contribution is 2.17. The molecule has 18 heavy (non-hydrogen) atoms. The molecule has 1 aliphatic rings. The Hall–Kier alpha value is -1.35. The summed E-state index contributed by atoms with van der Waals surface area (Å²) in [6, 6.07) is 6.49. The lowest BCUT2D eigenvalue weighted by atomic mass is 10.0. The van der Waals surface area contributed by atoms with Crippen LogP contribution in [0, 0.1) is 13.8 Å². The van der Waals surface area contributed by atoms with Crippen LogP contribution < -0.4 is 10.6 Å². The third kappa shape index (κ3) is 3.10. The zero-order valence-electron chi connectivity index (χ0n) is 11.4. The first-order chi connectivity index (χ1) is 8.56. The summed E-state index contributed by atoms with van der Waals surface area (Å²) in [5.74, 6) is 0.124. The van der Waals surface area contributed by atoms with Crippen molar-refractivity contribution >= 4 is 5.91 Å². The molecule has 0 spiro atoms. The van der Waals surface area contributed by atoms with Gasteiger partial charge in [0.15, 0.2) is 0 Å². The second kappa shape index (κ2) is 5.53. The van der Waals surface area contributed by atoms with Crippen LogP contribution in [0.25, 0.3) is 0 Å². The molecule has 1 aliphatic heterocycles. The summed E-state index contributed by atoms with van der Waals surface area (Å²) in [7, 11) is 0. The number of hydrogen-bond acceptors (Lipinski definition) is 2. The van der Waals surface area contributed by atoms with Gasteiger partial charge in [-0.05, 0) is 45.7 Å². The molecule has 0 aromatic heterocycles. The van der Waals surface area contributed by atoms with E-state index in [1.54, 1.807) is 0 Å². The molecular formula is C15H22N2O. The smallest absolute Gasteiger partial charge is 0.237 e. The van der Waals surface area contributed by atoms with Gasteiger partial charge in [0, 0.05) is 0 Å². The zero-order chi connectivity index (χ0) is 13.1. The largest absolute Gasteiger partial charge is 0.348 e.